The first-order valence-electron chi connectivity index (χ1n) is 9.04. The molecule has 0 aliphatic rings. The van der Waals surface area contributed by atoms with E-state index in [-0.39, 0.29) is 5.41 Å². The number of hydrogen-bond donors (Lipinski definition) is 1. The quantitative estimate of drug-likeness (QED) is 0.711. The van der Waals surface area contributed by atoms with E-state index >= 15 is 0 Å². The molecule has 0 spiro atoms. The van der Waals surface area contributed by atoms with Crippen LogP contribution in [0.2, 0.25) is 0 Å². The van der Waals surface area contributed by atoms with E-state index in [0.29, 0.717) is 6.04 Å². The smallest absolute Gasteiger partial charge is 0.165 e. The monoisotopic (exact) mass is 336 g/mol. The predicted octanol–water partition coefficient (Wildman–Crippen LogP) is 5.21. The number of nitrogens with zero attached hydrogens (tertiary/aromatic N) is 3. The molecule has 1 atom stereocenters. The van der Waals surface area contributed by atoms with Gasteiger partial charge in [-0.25, -0.2) is 4.98 Å². The molecule has 0 aliphatic carbocycles. The van der Waals surface area contributed by atoms with Crippen molar-refractivity contribution >= 4 is 11.5 Å². The maximum atomic E-state index is 5.00. The highest BCUT2D eigenvalue weighted by Gasteiger charge is 2.22. The minimum Gasteiger partial charge on any atom is -0.367 e. The third-order valence-corrected chi connectivity index (χ3v) is 4.60. The van der Waals surface area contributed by atoms with E-state index in [1.807, 2.05) is 10.6 Å². The molecule has 2 aromatic heterocycles. The molecule has 4 nitrogen and oxygen atoms in total. The summed E-state index contributed by atoms with van der Waals surface area (Å²) in [6.45, 7) is 13.0. The Bertz CT molecular complexity index is 872. The molecule has 0 aliphatic heterocycles. The van der Waals surface area contributed by atoms with Gasteiger partial charge in [-0.1, -0.05) is 58.0 Å². The van der Waals surface area contributed by atoms with Crippen LogP contribution >= 0.6 is 0 Å². The second kappa shape index (κ2) is 6.51. The largest absolute Gasteiger partial charge is 0.367 e. The second-order valence-electron chi connectivity index (χ2n) is 7.79. The van der Waals surface area contributed by atoms with Gasteiger partial charge in [0.1, 0.15) is 5.82 Å². The van der Waals surface area contributed by atoms with Crippen LogP contribution in [0.5, 0.6) is 0 Å². The number of aromatic nitrogens is 3. The molecule has 0 saturated heterocycles. The van der Waals surface area contributed by atoms with Crippen LogP contribution in [0.1, 0.15) is 52.4 Å². The van der Waals surface area contributed by atoms with E-state index < -0.39 is 0 Å². The summed E-state index contributed by atoms with van der Waals surface area (Å²) in [5.74, 6) is 1.01. The highest BCUT2D eigenvalue weighted by Crippen LogP contribution is 2.32. The maximum absolute atomic E-state index is 5.00. The van der Waals surface area contributed by atoms with Gasteiger partial charge in [0.25, 0.3) is 0 Å². The standard InChI is InChI=1S/C21H28N4/c1-7-14(2)22-18-13-17(21(4,5)6)23-20-19(15(3)24-25(18)20)16-11-9-8-10-12-16/h8-14,22H,7H2,1-6H3. The van der Waals surface area contributed by atoms with Crippen LogP contribution in [-0.4, -0.2) is 20.6 Å². The maximum Gasteiger partial charge on any atom is 0.165 e. The Morgan fingerprint density at radius 2 is 1.84 bits per heavy atom. The molecular formula is C21H28N4. The van der Waals surface area contributed by atoms with E-state index in [1.54, 1.807) is 0 Å². The van der Waals surface area contributed by atoms with E-state index in [0.717, 1.165) is 40.4 Å². The van der Waals surface area contributed by atoms with Gasteiger partial charge in [-0.2, -0.15) is 9.61 Å². The summed E-state index contributed by atoms with van der Waals surface area (Å²) in [5.41, 5.74) is 5.23. The molecule has 0 fully saturated rings. The average molecular weight is 336 g/mol. The lowest BCUT2D eigenvalue weighted by Crippen LogP contribution is -2.20. The zero-order chi connectivity index (χ0) is 18.2. The lowest BCUT2D eigenvalue weighted by atomic mass is 9.91. The minimum absolute atomic E-state index is 0.0280. The van der Waals surface area contributed by atoms with Gasteiger partial charge in [0.05, 0.1) is 11.4 Å². The summed E-state index contributed by atoms with van der Waals surface area (Å²) in [4.78, 5) is 5.00. The van der Waals surface area contributed by atoms with E-state index in [4.69, 9.17) is 10.1 Å². The number of nitrogens with one attached hydrogen (secondary N) is 1. The third-order valence-electron chi connectivity index (χ3n) is 4.60. The molecule has 3 aromatic rings. The van der Waals surface area contributed by atoms with Crippen LogP contribution in [-0.2, 0) is 5.41 Å². The van der Waals surface area contributed by atoms with E-state index in [2.05, 4.69) is 77.2 Å². The molecule has 1 N–H and O–H groups in total. The Labute approximate surface area is 150 Å². The third kappa shape index (κ3) is 3.39. The van der Waals surface area contributed by atoms with Gasteiger partial charge in [0.2, 0.25) is 0 Å². The normalized spacial score (nSPS) is 13.2. The van der Waals surface area contributed by atoms with Crippen molar-refractivity contribution in [1.29, 1.82) is 0 Å². The van der Waals surface area contributed by atoms with Crippen LogP contribution < -0.4 is 5.32 Å². The molecular weight excluding hydrogens is 308 g/mol. The van der Waals surface area contributed by atoms with Crippen molar-refractivity contribution in [2.45, 2.75) is 59.4 Å². The molecule has 1 aromatic carbocycles. The van der Waals surface area contributed by atoms with Crippen molar-refractivity contribution in [3.8, 4) is 11.1 Å². The van der Waals surface area contributed by atoms with E-state index in [9.17, 15) is 0 Å². The van der Waals surface area contributed by atoms with Crippen molar-refractivity contribution in [3.05, 3.63) is 47.8 Å². The number of benzene rings is 1. The SMILES string of the molecule is CCC(C)Nc1cc(C(C)(C)C)nc2c(-c3ccccc3)c(C)nn12. The lowest BCUT2D eigenvalue weighted by Gasteiger charge is -2.21. The van der Waals surface area contributed by atoms with Crippen LogP contribution in [0, 0.1) is 6.92 Å². The first-order valence-corrected chi connectivity index (χ1v) is 9.04. The highest BCUT2D eigenvalue weighted by atomic mass is 15.3. The fraction of sp³-hybridized carbons (Fsp3) is 0.429. The molecule has 132 valence electrons. The first kappa shape index (κ1) is 17.5. The summed E-state index contributed by atoms with van der Waals surface area (Å²) in [6, 6.07) is 12.9. The minimum atomic E-state index is -0.0280. The van der Waals surface area contributed by atoms with Crippen molar-refractivity contribution in [3.63, 3.8) is 0 Å². The molecule has 0 amide bonds. The molecule has 0 saturated carbocycles. The summed E-state index contributed by atoms with van der Waals surface area (Å²) in [5, 5.41) is 8.39. The van der Waals surface area contributed by atoms with Crippen LogP contribution in [0.25, 0.3) is 16.8 Å². The number of fused-ring (bicyclic) bond motifs is 1. The molecule has 2 heterocycles. The fourth-order valence-electron chi connectivity index (χ4n) is 2.91. The molecule has 25 heavy (non-hydrogen) atoms. The Hall–Kier alpha value is -2.36. The zero-order valence-corrected chi connectivity index (χ0v) is 16.1. The Balaban J connectivity index is 2.29. The fourth-order valence-corrected chi connectivity index (χ4v) is 2.91. The van der Waals surface area contributed by atoms with Gasteiger partial charge in [-0.15, -0.1) is 0 Å². The van der Waals surface area contributed by atoms with Crippen molar-refractivity contribution < 1.29 is 0 Å². The molecule has 0 radical (unpaired) electrons. The molecule has 0 bridgehead atoms. The average Bonchev–Trinajstić information content (AvgIpc) is 2.91. The molecule has 4 heteroatoms. The molecule has 3 rings (SSSR count). The van der Waals surface area contributed by atoms with Crippen LogP contribution in [0.3, 0.4) is 0 Å². The number of rotatable bonds is 4. The van der Waals surface area contributed by atoms with Gasteiger partial charge < -0.3 is 5.32 Å². The summed E-state index contributed by atoms with van der Waals surface area (Å²) in [6.07, 6.45) is 1.06. The zero-order valence-electron chi connectivity index (χ0n) is 16.1. The van der Waals surface area contributed by atoms with Crippen molar-refractivity contribution in [2.75, 3.05) is 5.32 Å². The molecule has 1 unspecified atom stereocenters. The number of anilines is 1. The predicted molar refractivity (Wildman–Crippen MR) is 105 cm³/mol. The van der Waals surface area contributed by atoms with Gasteiger partial charge in [0.15, 0.2) is 5.65 Å². The summed E-state index contributed by atoms with van der Waals surface area (Å²) < 4.78 is 1.96. The van der Waals surface area contributed by atoms with Gasteiger partial charge in [-0.3, -0.25) is 0 Å². The Morgan fingerprint density at radius 3 is 2.44 bits per heavy atom. The lowest BCUT2D eigenvalue weighted by molar-refractivity contribution is 0.568. The number of hydrogen-bond acceptors (Lipinski definition) is 3. The van der Waals surface area contributed by atoms with Gasteiger partial charge >= 0.3 is 0 Å². The summed E-state index contributed by atoms with van der Waals surface area (Å²) in [7, 11) is 0. The Morgan fingerprint density at radius 1 is 1.16 bits per heavy atom. The summed E-state index contributed by atoms with van der Waals surface area (Å²) >= 11 is 0. The van der Waals surface area contributed by atoms with Gasteiger partial charge in [-0.05, 0) is 25.8 Å². The van der Waals surface area contributed by atoms with Crippen molar-refractivity contribution in [2.24, 2.45) is 0 Å². The van der Waals surface area contributed by atoms with Crippen LogP contribution in [0.4, 0.5) is 5.82 Å². The number of aryl methyl sites for hydroxylation is 1. The van der Waals surface area contributed by atoms with E-state index in [1.165, 1.54) is 0 Å². The Kier molecular flexibility index (Phi) is 4.55. The van der Waals surface area contributed by atoms with Gasteiger partial charge in [0, 0.05) is 23.1 Å². The highest BCUT2D eigenvalue weighted by molar-refractivity contribution is 5.81. The van der Waals surface area contributed by atoms with Crippen LogP contribution in [0.15, 0.2) is 36.4 Å². The van der Waals surface area contributed by atoms with Crippen molar-refractivity contribution in [1.82, 2.24) is 14.6 Å². The first-order chi connectivity index (χ1) is 11.8. The second-order valence-corrected chi connectivity index (χ2v) is 7.79. The topological polar surface area (TPSA) is 42.2 Å².